The third kappa shape index (κ3) is 5.07. The Morgan fingerprint density at radius 2 is 1.46 bits per heavy atom. The molecule has 0 aliphatic carbocycles. The van der Waals surface area contributed by atoms with Crippen LogP contribution in [-0.4, -0.2) is 16.9 Å². The number of para-hydroxylation sites is 1. The minimum absolute atomic E-state index is 0.0337. The van der Waals surface area contributed by atoms with Gasteiger partial charge in [-0.2, -0.15) is 0 Å². The summed E-state index contributed by atoms with van der Waals surface area (Å²) < 4.78 is 5.54. The van der Waals surface area contributed by atoms with Crippen LogP contribution in [0.1, 0.15) is 6.92 Å². The molecule has 0 spiro atoms. The second-order valence-electron chi connectivity index (χ2n) is 6.07. The van der Waals surface area contributed by atoms with Gasteiger partial charge >= 0.3 is 0 Å². The van der Waals surface area contributed by atoms with E-state index in [0.29, 0.717) is 11.4 Å². The summed E-state index contributed by atoms with van der Waals surface area (Å²) in [6.07, 6.45) is -0.761. The molecular formula is C21H19N3O4. The second-order valence-corrected chi connectivity index (χ2v) is 6.07. The van der Waals surface area contributed by atoms with Crippen LogP contribution in [0.3, 0.4) is 0 Å². The number of rotatable bonds is 7. The van der Waals surface area contributed by atoms with Gasteiger partial charge in [-0.3, -0.25) is 14.9 Å². The van der Waals surface area contributed by atoms with Crippen LogP contribution in [0.25, 0.3) is 0 Å². The lowest BCUT2D eigenvalue weighted by Gasteiger charge is -2.15. The molecule has 2 N–H and O–H groups in total. The molecule has 0 saturated heterocycles. The van der Waals surface area contributed by atoms with Gasteiger partial charge in [0.15, 0.2) is 6.10 Å². The molecule has 0 fully saturated rings. The van der Waals surface area contributed by atoms with Crippen LogP contribution in [0.15, 0.2) is 78.9 Å². The number of carbonyl (C=O) groups is 1. The maximum atomic E-state index is 12.3. The van der Waals surface area contributed by atoms with E-state index in [1.165, 1.54) is 24.3 Å². The first kappa shape index (κ1) is 18.9. The largest absolute Gasteiger partial charge is 0.481 e. The molecule has 0 aliphatic rings. The van der Waals surface area contributed by atoms with Gasteiger partial charge in [-0.25, -0.2) is 0 Å². The third-order valence-electron chi connectivity index (χ3n) is 3.94. The van der Waals surface area contributed by atoms with Gasteiger partial charge in [0.25, 0.3) is 11.6 Å². The van der Waals surface area contributed by atoms with Gasteiger partial charge < -0.3 is 15.4 Å². The Bertz CT molecular complexity index is 942. The molecule has 142 valence electrons. The Balaban J connectivity index is 1.55. The summed E-state index contributed by atoms with van der Waals surface area (Å²) in [5.41, 5.74) is 2.49. The molecule has 0 bridgehead atoms. The average Bonchev–Trinajstić information content (AvgIpc) is 2.70. The highest BCUT2D eigenvalue weighted by atomic mass is 16.6. The van der Waals surface area contributed by atoms with Crippen molar-refractivity contribution >= 4 is 28.7 Å². The SMILES string of the molecule is C[C@H](Oc1ccc([N+](=O)[O-])cc1)C(=O)Nc1ccc(Nc2ccccc2)cc1. The van der Waals surface area contributed by atoms with E-state index in [1.54, 1.807) is 19.1 Å². The predicted molar refractivity (Wildman–Crippen MR) is 108 cm³/mol. The second kappa shape index (κ2) is 8.68. The Kier molecular flexibility index (Phi) is 5.86. The number of carbonyl (C=O) groups excluding carboxylic acids is 1. The zero-order valence-electron chi connectivity index (χ0n) is 15.2. The number of amides is 1. The van der Waals surface area contributed by atoms with Gasteiger partial charge in [-0.1, -0.05) is 18.2 Å². The lowest BCUT2D eigenvalue weighted by Crippen LogP contribution is -2.30. The van der Waals surface area contributed by atoms with E-state index in [9.17, 15) is 14.9 Å². The summed E-state index contributed by atoms with van der Waals surface area (Å²) in [5, 5.41) is 16.7. The number of hydrogen-bond donors (Lipinski definition) is 2. The van der Waals surface area contributed by atoms with Crippen molar-refractivity contribution in [2.24, 2.45) is 0 Å². The van der Waals surface area contributed by atoms with E-state index in [2.05, 4.69) is 10.6 Å². The molecule has 3 rings (SSSR count). The van der Waals surface area contributed by atoms with Crippen LogP contribution in [0.2, 0.25) is 0 Å². The maximum Gasteiger partial charge on any atom is 0.269 e. The number of nitro groups is 1. The number of non-ortho nitro benzene ring substituents is 1. The molecule has 0 unspecified atom stereocenters. The molecule has 0 radical (unpaired) electrons. The summed E-state index contributed by atoms with van der Waals surface area (Å²) in [5.74, 6) is 0.0674. The number of benzene rings is 3. The summed E-state index contributed by atoms with van der Waals surface area (Å²) >= 11 is 0. The number of hydrogen-bond acceptors (Lipinski definition) is 5. The molecule has 0 heterocycles. The summed E-state index contributed by atoms with van der Waals surface area (Å²) in [6.45, 7) is 1.61. The van der Waals surface area contributed by atoms with E-state index in [1.807, 2.05) is 42.5 Å². The Hall–Kier alpha value is -3.87. The first-order valence-electron chi connectivity index (χ1n) is 8.65. The first-order valence-corrected chi connectivity index (χ1v) is 8.65. The van der Waals surface area contributed by atoms with Crippen LogP contribution in [0.4, 0.5) is 22.7 Å². The van der Waals surface area contributed by atoms with Crippen molar-refractivity contribution in [3.8, 4) is 5.75 Å². The summed E-state index contributed by atoms with van der Waals surface area (Å²) in [6, 6.07) is 22.7. The van der Waals surface area contributed by atoms with Crippen LogP contribution in [-0.2, 0) is 4.79 Å². The van der Waals surface area contributed by atoms with Crippen molar-refractivity contribution in [3.05, 3.63) is 89.0 Å². The molecule has 0 aromatic heterocycles. The number of nitrogens with zero attached hydrogens (tertiary/aromatic N) is 1. The molecule has 0 saturated carbocycles. The van der Waals surface area contributed by atoms with Crippen LogP contribution < -0.4 is 15.4 Å². The highest BCUT2D eigenvalue weighted by molar-refractivity contribution is 5.94. The average molecular weight is 377 g/mol. The maximum absolute atomic E-state index is 12.3. The molecule has 7 heteroatoms. The number of anilines is 3. The van der Waals surface area contributed by atoms with Crippen LogP contribution in [0.5, 0.6) is 5.75 Å². The number of nitro benzene ring substituents is 1. The van der Waals surface area contributed by atoms with Crippen molar-refractivity contribution in [1.82, 2.24) is 0 Å². The molecule has 1 atom stereocenters. The fourth-order valence-corrected chi connectivity index (χ4v) is 2.47. The normalized spacial score (nSPS) is 11.3. The van der Waals surface area contributed by atoms with Crippen molar-refractivity contribution in [2.75, 3.05) is 10.6 Å². The fraction of sp³-hybridized carbons (Fsp3) is 0.0952. The van der Waals surface area contributed by atoms with Crippen molar-refractivity contribution < 1.29 is 14.5 Å². The van der Waals surface area contributed by atoms with Gasteiger partial charge in [0.05, 0.1) is 4.92 Å². The Morgan fingerprint density at radius 3 is 2.07 bits per heavy atom. The summed E-state index contributed by atoms with van der Waals surface area (Å²) in [4.78, 5) is 22.5. The molecule has 28 heavy (non-hydrogen) atoms. The molecule has 3 aromatic rings. The first-order chi connectivity index (χ1) is 13.5. The number of ether oxygens (including phenoxy) is 1. The Morgan fingerprint density at radius 1 is 0.893 bits per heavy atom. The molecule has 3 aromatic carbocycles. The minimum atomic E-state index is -0.761. The lowest BCUT2D eigenvalue weighted by molar-refractivity contribution is -0.384. The predicted octanol–water partition coefficient (Wildman–Crippen LogP) is 4.74. The van der Waals surface area contributed by atoms with Crippen LogP contribution in [0, 0.1) is 10.1 Å². The van der Waals surface area contributed by atoms with E-state index in [4.69, 9.17) is 4.74 Å². The van der Waals surface area contributed by atoms with Gasteiger partial charge in [-0.15, -0.1) is 0 Å². The zero-order valence-corrected chi connectivity index (χ0v) is 15.2. The standard InChI is InChI=1S/C21H19N3O4/c1-15(28-20-13-11-19(12-14-20)24(26)27)21(25)23-18-9-7-17(8-10-18)22-16-5-3-2-4-6-16/h2-15,22H,1H3,(H,23,25)/t15-/m0/s1. The van der Waals surface area contributed by atoms with Crippen molar-refractivity contribution in [3.63, 3.8) is 0 Å². The van der Waals surface area contributed by atoms with E-state index in [0.717, 1.165) is 11.4 Å². The van der Waals surface area contributed by atoms with Crippen molar-refractivity contribution in [2.45, 2.75) is 13.0 Å². The molecule has 1 amide bonds. The zero-order chi connectivity index (χ0) is 19.9. The van der Waals surface area contributed by atoms with Crippen molar-refractivity contribution in [1.29, 1.82) is 0 Å². The summed E-state index contributed by atoms with van der Waals surface area (Å²) in [7, 11) is 0. The van der Waals surface area contributed by atoms with E-state index >= 15 is 0 Å². The minimum Gasteiger partial charge on any atom is -0.481 e. The fourth-order valence-electron chi connectivity index (χ4n) is 2.47. The van der Waals surface area contributed by atoms with Gasteiger partial charge in [-0.05, 0) is 55.5 Å². The topological polar surface area (TPSA) is 93.5 Å². The highest BCUT2D eigenvalue weighted by Crippen LogP contribution is 2.20. The quantitative estimate of drug-likeness (QED) is 0.458. The molecule has 7 nitrogen and oxygen atoms in total. The third-order valence-corrected chi connectivity index (χ3v) is 3.94. The smallest absolute Gasteiger partial charge is 0.269 e. The Labute approximate surface area is 162 Å². The van der Waals surface area contributed by atoms with Gasteiger partial charge in [0.2, 0.25) is 0 Å². The van der Waals surface area contributed by atoms with Gasteiger partial charge in [0, 0.05) is 29.2 Å². The monoisotopic (exact) mass is 377 g/mol. The number of nitrogens with one attached hydrogen (secondary N) is 2. The van der Waals surface area contributed by atoms with Crippen LogP contribution >= 0.6 is 0 Å². The molecular weight excluding hydrogens is 358 g/mol. The molecule has 0 aliphatic heterocycles. The lowest BCUT2D eigenvalue weighted by atomic mass is 10.2. The highest BCUT2D eigenvalue weighted by Gasteiger charge is 2.15. The van der Waals surface area contributed by atoms with E-state index in [-0.39, 0.29) is 11.6 Å². The van der Waals surface area contributed by atoms with E-state index < -0.39 is 11.0 Å². The van der Waals surface area contributed by atoms with Gasteiger partial charge in [0.1, 0.15) is 5.75 Å².